The Hall–Kier alpha value is -1.11. The summed E-state index contributed by atoms with van der Waals surface area (Å²) in [6.45, 7) is 2.63. The molecule has 2 N–H and O–H groups in total. The van der Waals surface area contributed by atoms with E-state index in [4.69, 9.17) is 5.73 Å². The van der Waals surface area contributed by atoms with Gasteiger partial charge in [-0.3, -0.25) is 14.5 Å². The molecule has 3 unspecified atom stereocenters. The lowest BCUT2D eigenvalue weighted by Crippen LogP contribution is -2.54. The second-order valence-electron chi connectivity index (χ2n) is 5.12. The summed E-state index contributed by atoms with van der Waals surface area (Å²) in [5.41, 5.74) is 4.52. The highest BCUT2D eigenvalue weighted by atomic mass is 19.4. The summed E-state index contributed by atoms with van der Waals surface area (Å²) < 4.78 is 37.9. The molecule has 1 heterocycles. The van der Waals surface area contributed by atoms with Crippen LogP contribution >= 0.6 is 0 Å². The molecule has 1 saturated carbocycles. The molecule has 2 aliphatic rings. The first kappa shape index (κ1) is 12.3. The number of likely N-dealkylation sites (tertiary alicyclic amines) is 1. The van der Waals surface area contributed by atoms with E-state index in [1.165, 1.54) is 0 Å². The Morgan fingerprint density at radius 3 is 2.00 bits per heavy atom. The molecule has 0 bridgehead atoms. The third-order valence-corrected chi connectivity index (χ3v) is 3.75. The summed E-state index contributed by atoms with van der Waals surface area (Å²) in [6, 6.07) is -2.19. The minimum Gasteiger partial charge on any atom is -0.328 e. The van der Waals surface area contributed by atoms with Gasteiger partial charge in [-0.15, -0.1) is 0 Å². The SMILES string of the molecule is CC1(C)C2C(=O)N(C(CN)C(F)(F)F)C(=O)C21. The predicted octanol–water partition coefficient (Wildman–Crippen LogP) is 0.517. The summed E-state index contributed by atoms with van der Waals surface area (Å²) in [5, 5.41) is 0. The molecular weight excluding hydrogens is 237 g/mol. The minimum atomic E-state index is -4.67. The monoisotopic (exact) mass is 250 g/mol. The van der Waals surface area contributed by atoms with Crippen molar-refractivity contribution in [2.45, 2.75) is 26.1 Å². The molecule has 4 nitrogen and oxygen atoms in total. The number of imide groups is 1. The largest absolute Gasteiger partial charge is 0.410 e. The van der Waals surface area contributed by atoms with Gasteiger partial charge in [0.05, 0.1) is 11.8 Å². The Morgan fingerprint density at radius 2 is 1.71 bits per heavy atom. The lowest BCUT2D eigenvalue weighted by molar-refractivity contribution is -0.190. The van der Waals surface area contributed by atoms with Crippen LogP contribution < -0.4 is 5.73 Å². The van der Waals surface area contributed by atoms with E-state index in [9.17, 15) is 22.8 Å². The van der Waals surface area contributed by atoms with Gasteiger partial charge in [-0.05, 0) is 5.41 Å². The number of amides is 2. The maximum absolute atomic E-state index is 12.6. The lowest BCUT2D eigenvalue weighted by atomic mass is 10.0. The highest BCUT2D eigenvalue weighted by molar-refractivity contribution is 6.10. The normalized spacial score (nSPS) is 32.7. The summed E-state index contributed by atoms with van der Waals surface area (Å²) in [6.07, 6.45) is -4.67. The standard InChI is InChI=1S/C10H13F3N2O2/c1-9(2)5-6(9)8(17)15(7(5)16)4(3-14)10(11,12)13/h4-6H,3,14H2,1-2H3. The van der Waals surface area contributed by atoms with Gasteiger partial charge in [0, 0.05) is 6.54 Å². The smallest absolute Gasteiger partial charge is 0.328 e. The van der Waals surface area contributed by atoms with E-state index in [-0.39, 0.29) is 0 Å². The fourth-order valence-electron chi connectivity index (χ4n) is 2.66. The van der Waals surface area contributed by atoms with Crippen molar-refractivity contribution in [3.63, 3.8) is 0 Å². The van der Waals surface area contributed by atoms with Crippen LogP contribution in [0.1, 0.15) is 13.8 Å². The molecule has 0 aromatic heterocycles. The van der Waals surface area contributed by atoms with E-state index in [2.05, 4.69) is 0 Å². The highest BCUT2D eigenvalue weighted by Crippen LogP contribution is 2.63. The quantitative estimate of drug-likeness (QED) is 0.726. The molecule has 1 aliphatic carbocycles. The maximum Gasteiger partial charge on any atom is 0.410 e. The molecule has 0 aromatic carbocycles. The van der Waals surface area contributed by atoms with Gasteiger partial charge < -0.3 is 5.73 Å². The van der Waals surface area contributed by atoms with E-state index < -0.39 is 47.8 Å². The van der Waals surface area contributed by atoms with E-state index in [1.807, 2.05) is 0 Å². The average Bonchev–Trinajstić information content (AvgIpc) is 2.62. The third-order valence-electron chi connectivity index (χ3n) is 3.75. The van der Waals surface area contributed by atoms with E-state index in [0.29, 0.717) is 4.90 Å². The second kappa shape index (κ2) is 3.22. The Bertz CT molecular complexity index is 368. The third kappa shape index (κ3) is 1.48. The number of fused-ring (bicyclic) bond motifs is 1. The topological polar surface area (TPSA) is 63.4 Å². The molecule has 1 aliphatic heterocycles. The Labute approximate surface area is 95.9 Å². The number of rotatable bonds is 2. The zero-order valence-corrected chi connectivity index (χ0v) is 9.41. The molecule has 96 valence electrons. The van der Waals surface area contributed by atoms with E-state index in [1.54, 1.807) is 13.8 Å². The summed E-state index contributed by atoms with van der Waals surface area (Å²) >= 11 is 0. The Balaban J connectivity index is 2.26. The number of nitrogens with two attached hydrogens (primary N) is 1. The molecule has 3 atom stereocenters. The lowest BCUT2D eigenvalue weighted by Gasteiger charge is -2.30. The van der Waals surface area contributed by atoms with Crippen LogP contribution in [0.25, 0.3) is 0 Å². The molecule has 1 saturated heterocycles. The van der Waals surface area contributed by atoms with Crippen molar-refractivity contribution in [3.05, 3.63) is 0 Å². The minimum absolute atomic E-state index is 0.306. The van der Waals surface area contributed by atoms with Crippen LogP contribution in [0, 0.1) is 17.3 Å². The zero-order valence-electron chi connectivity index (χ0n) is 9.41. The van der Waals surface area contributed by atoms with E-state index >= 15 is 0 Å². The number of hydrogen-bond acceptors (Lipinski definition) is 3. The molecule has 2 rings (SSSR count). The fourth-order valence-corrected chi connectivity index (χ4v) is 2.66. The number of halogens is 3. The number of carbonyl (C=O) groups is 2. The molecule has 0 spiro atoms. The van der Waals surface area contributed by atoms with Gasteiger partial charge >= 0.3 is 6.18 Å². The van der Waals surface area contributed by atoms with Crippen molar-refractivity contribution in [1.82, 2.24) is 4.90 Å². The van der Waals surface area contributed by atoms with Gasteiger partial charge in [-0.2, -0.15) is 13.2 Å². The molecule has 17 heavy (non-hydrogen) atoms. The first-order valence-electron chi connectivity index (χ1n) is 5.27. The fraction of sp³-hybridized carbons (Fsp3) is 0.800. The van der Waals surface area contributed by atoms with Gasteiger partial charge in [0.25, 0.3) is 0 Å². The number of hydrogen-bond donors (Lipinski definition) is 1. The molecule has 2 fully saturated rings. The molecule has 7 heteroatoms. The predicted molar refractivity (Wildman–Crippen MR) is 51.5 cm³/mol. The van der Waals surface area contributed by atoms with Crippen molar-refractivity contribution in [2.75, 3.05) is 6.54 Å². The molecular formula is C10H13F3N2O2. The van der Waals surface area contributed by atoms with Crippen LogP contribution in [0.3, 0.4) is 0 Å². The summed E-state index contributed by atoms with van der Waals surface area (Å²) in [7, 11) is 0. The Kier molecular flexibility index (Phi) is 2.34. The number of carbonyl (C=O) groups excluding carboxylic acids is 2. The molecule has 0 radical (unpaired) electrons. The van der Waals surface area contributed by atoms with Gasteiger partial charge in [0.1, 0.15) is 6.04 Å². The van der Waals surface area contributed by atoms with Crippen molar-refractivity contribution in [2.24, 2.45) is 23.0 Å². The van der Waals surface area contributed by atoms with Crippen molar-refractivity contribution < 1.29 is 22.8 Å². The zero-order chi connectivity index (χ0) is 13.2. The maximum atomic E-state index is 12.6. The van der Waals surface area contributed by atoms with Crippen molar-refractivity contribution >= 4 is 11.8 Å². The number of alkyl halides is 3. The van der Waals surface area contributed by atoms with Crippen LogP contribution in [0.4, 0.5) is 13.2 Å². The van der Waals surface area contributed by atoms with Crippen LogP contribution in [0.2, 0.25) is 0 Å². The van der Waals surface area contributed by atoms with Crippen LogP contribution in [-0.4, -0.2) is 35.5 Å². The van der Waals surface area contributed by atoms with Crippen LogP contribution in [0.15, 0.2) is 0 Å². The number of piperidine rings is 1. The summed E-state index contributed by atoms with van der Waals surface area (Å²) in [4.78, 5) is 23.8. The first-order valence-corrected chi connectivity index (χ1v) is 5.27. The van der Waals surface area contributed by atoms with E-state index in [0.717, 1.165) is 0 Å². The first-order chi connectivity index (χ1) is 7.64. The van der Waals surface area contributed by atoms with Crippen LogP contribution in [-0.2, 0) is 9.59 Å². The van der Waals surface area contributed by atoms with Gasteiger partial charge in [-0.25, -0.2) is 0 Å². The van der Waals surface area contributed by atoms with Crippen LogP contribution in [0.5, 0.6) is 0 Å². The Morgan fingerprint density at radius 1 is 1.29 bits per heavy atom. The van der Waals surface area contributed by atoms with Gasteiger partial charge in [0.2, 0.25) is 11.8 Å². The average molecular weight is 250 g/mol. The summed E-state index contributed by atoms with van der Waals surface area (Å²) in [5.74, 6) is -2.69. The molecule has 0 aromatic rings. The van der Waals surface area contributed by atoms with Gasteiger partial charge in [0.15, 0.2) is 0 Å². The van der Waals surface area contributed by atoms with Crippen molar-refractivity contribution in [3.8, 4) is 0 Å². The number of nitrogens with zero attached hydrogens (tertiary/aromatic N) is 1. The van der Waals surface area contributed by atoms with Crippen molar-refractivity contribution in [1.29, 1.82) is 0 Å². The molecule has 2 amide bonds. The second-order valence-corrected chi connectivity index (χ2v) is 5.12. The highest BCUT2D eigenvalue weighted by Gasteiger charge is 2.74. The van der Waals surface area contributed by atoms with Gasteiger partial charge in [-0.1, -0.05) is 13.8 Å².